The van der Waals surface area contributed by atoms with Crippen molar-refractivity contribution in [2.24, 2.45) is 0 Å². The van der Waals surface area contributed by atoms with Crippen LogP contribution >= 0.6 is 0 Å². The minimum Gasteiger partial charge on any atom is -0.356 e. The van der Waals surface area contributed by atoms with Crippen LogP contribution in [0.15, 0.2) is 59.1 Å². The minimum absolute atomic E-state index is 0.0159. The van der Waals surface area contributed by atoms with Gasteiger partial charge in [0.1, 0.15) is 11.6 Å². The molecule has 116 valence electrons. The molecule has 1 amide bonds. The molecule has 4 nitrogen and oxygen atoms in total. The molecule has 0 bridgehead atoms. The average Bonchev–Trinajstić information content (AvgIpc) is 2.98. The predicted molar refractivity (Wildman–Crippen MR) is 80.6 cm³/mol. The Hall–Kier alpha value is -3.02. The smallest absolute Gasteiger partial charge is 0.230 e. The van der Waals surface area contributed by atoms with E-state index in [0.717, 1.165) is 0 Å². The molecule has 0 aliphatic heterocycles. The van der Waals surface area contributed by atoms with Crippen LogP contribution in [0.1, 0.15) is 5.69 Å². The van der Waals surface area contributed by atoms with Gasteiger partial charge in [0, 0.05) is 17.3 Å². The highest BCUT2D eigenvalue weighted by molar-refractivity contribution is 5.92. The number of anilines is 1. The average molecular weight is 314 g/mol. The van der Waals surface area contributed by atoms with Gasteiger partial charge in [0.15, 0.2) is 5.76 Å². The zero-order chi connectivity index (χ0) is 16.2. The Morgan fingerprint density at radius 1 is 1.00 bits per heavy atom. The number of nitrogens with zero attached hydrogens (tertiary/aromatic N) is 1. The van der Waals surface area contributed by atoms with E-state index in [0.29, 0.717) is 22.7 Å². The minimum atomic E-state index is -0.372. The van der Waals surface area contributed by atoms with Crippen molar-refractivity contribution in [3.8, 4) is 11.3 Å². The summed E-state index contributed by atoms with van der Waals surface area (Å²) in [4.78, 5) is 11.9. The first kappa shape index (κ1) is 14.9. The number of hydrogen-bond donors (Lipinski definition) is 1. The van der Waals surface area contributed by atoms with Crippen LogP contribution in [0.5, 0.6) is 0 Å². The Kier molecular flexibility index (Phi) is 4.14. The van der Waals surface area contributed by atoms with Gasteiger partial charge in [-0.25, -0.2) is 8.78 Å². The Morgan fingerprint density at radius 3 is 2.26 bits per heavy atom. The fourth-order valence-corrected chi connectivity index (χ4v) is 2.05. The van der Waals surface area contributed by atoms with Crippen molar-refractivity contribution in [2.75, 3.05) is 5.32 Å². The fourth-order valence-electron chi connectivity index (χ4n) is 2.05. The van der Waals surface area contributed by atoms with Crippen molar-refractivity contribution in [3.63, 3.8) is 0 Å². The van der Waals surface area contributed by atoms with Gasteiger partial charge in [0.25, 0.3) is 0 Å². The number of carbonyl (C=O) groups is 1. The molecule has 1 N–H and O–H groups in total. The van der Waals surface area contributed by atoms with E-state index < -0.39 is 0 Å². The standard InChI is InChI=1S/C17H12F2N2O2/c18-12-3-1-11(2-4-12)16-9-15(21-23-16)10-17(22)20-14-7-5-13(19)6-8-14/h1-9H,10H2,(H,20,22). The van der Waals surface area contributed by atoms with E-state index in [2.05, 4.69) is 10.5 Å². The molecule has 0 saturated carbocycles. The zero-order valence-corrected chi connectivity index (χ0v) is 11.9. The molecule has 0 radical (unpaired) electrons. The second-order valence-electron chi connectivity index (χ2n) is 4.92. The molecule has 1 heterocycles. The lowest BCUT2D eigenvalue weighted by molar-refractivity contribution is -0.115. The topological polar surface area (TPSA) is 55.1 Å². The summed E-state index contributed by atoms with van der Waals surface area (Å²) in [5.74, 6) is -0.555. The molecule has 1 aromatic heterocycles. The first-order valence-electron chi connectivity index (χ1n) is 6.87. The summed E-state index contributed by atoms with van der Waals surface area (Å²) < 4.78 is 30.8. The summed E-state index contributed by atoms with van der Waals surface area (Å²) in [5.41, 5.74) is 1.62. The third-order valence-electron chi connectivity index (χ3n) is 3.16. The summed E-state index contributed by atoms with van der Waals surface area (Å²) in [7, 11) is 0. The van der Waals surface area contributed by atoms with Crippen molar-refractivity contribution in [1.82, 2.24) is 5.16 Å². The highest BCUT2D eigenvalue weighted by Crippen LogP contribution is 2.21. The van der Waals surface area contributed by atoms with Gasteiger partial charge in [0.05, 0.1) is 12.1 Å². The molecule has 6 heteroatoms. The first-order valence-corrected chi connectivity index (χ1v) is 6.87. The van der Waals surface area contributed by atoms with E-state index in [4.69, 9.17) is 4.52 Å². The predicted octanol–water partition coefficient (Wildman–Crippen LogP) is 3.80. The second-order valence-corrected chi connectivity index (χ2v) is 4.92. The van der Waals surface area contributed by atoms with E-state index in [1.807, 2.05) is 0 Å². The quantitative estimate of drug-likeness (QED) is 0.797. The van der Waals surface area contributed by atoms with Crippen LogP contribution in [0, 0.1) is 11.6 Å². The maximum absolute atomic E-state index is 12.9. The van der Waals surface area contributed by atoms with Crippen LogP contribution in [0.4, 0.5) is 14.5 Å². The lowest BCUT2D eigenvalue weighted by Gasteiger charge is -2.02. The van der Waals surface area contributed by atoms with Crippen molar-refractivity contribution < 1.29 is 18.1 Å². The van der Waals surface area contributed by atoms with Gasteiger partial charge < -0.3 is 9.84 Å². The molecule has 3 rings (SSSR count). The monoisotopic (exact) mass is 314 g/mol. The molecule has 0 aliphatic carbocycles. The van der Waals surface area contributed by atoms with Crippen LogP contribution in [0.2, 0.25) is 0 Å². The van der Waals surface area contributed by atoms with Gasteiger partial charge in [-0.3, -0.25) is 4.79 Å². The summed E-state index contributed by atoms with van der Waals surface area (Å²) in [5, 5.41) is 6.46. The van der Waals surface area contributed by atoms with Crippen LogP contribution < -0.4 is 5.32 Å². The number of aromatic nitrogens is 1. The fraction of sp³-hybridized carbons (Fsp3) is 0.0588. The second kappa shape index (κ2) is 6.39. The van der Waals surface area contributed by atoms with Gasteiger partial charge in [0.2, 0.25) is 5.91 Å². The van der Waals surface area contributed by atoms with Gasteiger partial charge in [-0.05, 0) is 48.5 Å². The van der Waals surface area contributed by atoms with Crippen molar-refractivity contribution in [1.29, 1.82) is 0 Å². The first-order chi connectivity index (χ1) is 11.1. The van der Waals surface area contributed by atoms with Crippen LogP contribution in [0.3, 0.4) is 0 Å². The highest BCUT2D eigenvalue weighted by atomic mass is 19.1. The maximum Gasteiger partial charge on any atom is 0.230 e. The van der Waals surface area contributed by atoms with Gasteiger partial charge in [-0.2, -0.15) is 0 Å². The molecule has 0 saturated heterocycles. The van der Waals surface area contributed by atoms with Gasteiger partial charge >= 0.3 is 0 Å². The molecule has 2 aromatic carbocycles. The molecule has 0 spiro atoms. The lowest BCUT2D eigenvalue weighted by Crippen LogP contribution is -2.14. The largest absolute Gasteiger partial charge is 0.356 e. The molecule has 23 heavy (non-hydrogen) atoms. The molecular formula is C17H12F2N2O2. The van der Waals surface area contributed by atoms with E-state index in [1.165, 1.54) is 36.4 Å². The summed E-state index contributed by atoms with van der Waals surface area (Å²) in [6, 6.07) is 12.9. The normalized spacial score (nSPS) is 10.5. The Labute approximate surface area is 130 Å². The Bertz CT molecular complexity index is 811. The third kappa shape index (κ3) is 3.79. The van der Waals surface area contributed by atoms with E-state index in [9.17, 15) is 13.6 Å². The van der Waals surface area contributed by atoms with E-state index in [-0.39, 0.29) is 24.0 Å². The number of amides is 1. The van der Waals surface area contributed by atoms with Gasteiger partial charge in [-0.15, -0.1) is 0 Å². The van der Waals surface area contributed by atoms with E-state index in [1.54, 1.807) is 18.2 Å². The number of halogens is 2. The van der Waals surface area contributed by atoms with Crippen molar-refractivity contribution >= 4 is 11.6 Å². The number of hydrogen-bond acceptors (Lipinski definition) is 3. The number of nitrogens with one attached hydrogen (secondary N) is 1. The highest BCUT2D eigenvalue weighted by Gasteiger charge is 2.11. The lowest BCUT2D eigenvalue weighted by atomic mass is 10.1. The Balaban J connectivity index is 1.65. The molecule has 0 fully saturated rings. The van der Waals surface area contributed by atoms with Crippen LogP contribution in [0.25, 0.3) is 11.3 Å². The molecule has 0 atom stereocenters. The number of rotatable bonds is 4. The van der Waals surface area contributed by atoms with E-state index >= 15 is 0 Å². The zero-order valence-electron chi connectivity index (χ0n) is 11.9. The van der Waals surface area contributed by atoms with Gasteiger partial charge in [-0.1, -0.05) is 5.16 Å². The molecule has 3 aromatic rings. The number of carbonyl (C=O) groups excluding carboxylic acids is 1. The van der Waals surface area contributed by atoms with Crippen LogP contribution in [-0.4, -0.2) is 11.1 Å². The molecular weight excluding hydrogens is 302 g/mol. The third-order valence-corrected chi connectivity index (χ3v) is 3.16. The molecule has 0 aliphatic rings. The SMILES string of the molecule is O=C(Cc1cc(-c2ccc(F)cc2)on1)Nc1ccc(F)cc1. The van der Waals surface area contributed by atoms with Crippen molar-refractivity contribution in [3.05, 3.63) is 71.9 Å². The Morgan fingerprint density at radius 2 is 1.61 bits per heavy atom. The summed E-state index contributed by atoms with van der Waals surface area (Å²) in [6.45, 7) is 0. The maximum atomic E-state index is 12.9. The van der Waals surface area contributed by atoms with Crippen LogP contribution in [-0.2, 0) is 11.2 Å². The van der Waals surface area contributed by atoms with Crippen molar-refractivity contribution in [2.45, 2.75) is 6.42 Å². The number of benzene rings is 2. The molecule has 0 unspecified atom stereocenters. The summed E-state index contributed by atoms with van der Waals surface area (Å²) in [6.07, 6.45) is 0.0159. The summed E-state index contributed by atoms with van der Waals surface area (Å²) >= 11 is 0.